The van der Waals surface area contributed by atoms with E-state index >= 15 is 0 Å². The van der Waals surface area contributed by atoms with E-state index in [4.69, 9.17) is 4.74 Å². The summed E-state index contributed by atoms with van der Waals surface area (Å²) in [5.41, 5.74) is 2.14. The Bertz CT molecular complexity index is 842. The summed E-state index contributed by atoms with van der Waals surface area (Å²) in [6.45, 7) is 0.222. The number of benzene rings is 2. The second-order valence-electron chi connectivity index (χ2n) is 4.75. The van der Waals surface area contributed by atoms with Crippen LogP contribution in [0.2, 0.25) is 0 Å². The van der Waals surface area contributed by atoms with Gasteiger partial charge in [-0.2, -0.15) is 0 Å². The van der Waals surface area contributed by atoms with Gasteiger partial charge in [0, 0.05) is 22.8 Å². The second-order valence-corrected chi connectivity index (χ2v) is 4.75. The van der Waals surface area contributed by atoms with Crippen molar-refractivity contribution < 1.29 is 18.3 Å². The third-order valence-electron chi connectivity index (χ3n) is 3.17. The Kier molecular flexibility index (Phi) is 3.71. The van der Waals surface area contributed by atoms with Crippen molar-refractivity contribution in [3.63, 3.8) is 0 Å². The minimum Gasteiger partial charge on any atom is -0.488 e. The molecule has 1 aliphatic heterocycles. The van der Waals surface area contributed by atoms with Gasteiger partial charge in [-0.1, -0.05) is 17.9 Å². The van der Waals surface area contributed by atoms with E-state index in [0.717, 1.165) is 24.0 Å². The molecule has 0 fully saturated rings. The topological polar surface area (TPSA) is 26.3 Å². The monoisotopic (exact) mass is 296 g/mol. The highest BCUT2D eigenvalue weighted by molar-refractivity contribution is 5.84. The van der Waals surface area contributed by atoms with Crippen molar-refractivity contribution in [3.05, 3.63) is 70.3 Å². The third-order valence-corrected chi connectivity index (χ3v) is 3.17. The van der Waals surface area contributed by atoms with E-state index in [9.17, 15) is 13.6 Å². The number of rotatable bonds is 1. The molecule has 0 saturated carbocycles. The molecule has 0 radical (unpaired) electrons. The van der Waals surface area contributed by atoms with Gasteiger partial charge in [0.15, 0.2) is 0 Å². The molecule has 1 heterocycles. The molecule has 108 valence electrons. The molecule has 0 bridgehead atoms. The predicted octanol–water partition coefficient (Wildman–Crippen LogP) is 3.34. The normalized spacial score (nSPS) is 12.4. The zero-order chi connectivity index (χ0) is 15.5. The molecule has 2 nitrogen and oxygen atoms in total. The number of ether oxygens (including phenoxy) is 1. The van der Waals surface area contributed by atoms with Crippen LogP contribution >= 0.6 is 0 Å². The molecular weight excluding hydrogens is 286 g/mol. The van der Waals surface area contributed by atoms with Crippen LogP contribution in [-0.4, -0.2) is 12.9 Å². The van der Waals surface area contributed by atoms with Crippen LogP contribution < -0.4 is 4.74 Å². The smallest absolute Gasteiger partial charge is 0.149 e. The van der Waals surface area contributed by atoms with Gasteiger partial charge in [0.25, 0.3) is 0 Å². The van der Waals surface area contributed by atoms with E-state index < -0.39 is 11.6 Å². The minimum absolute atomic E-state index is 0.128. The van der Waals surface area contributed by atoms with E-state index in [0.29, 0.717) is 16.9 Å². The number of carbonyl (C=O) groups is 1. The molecule has 0 aliphatic carbocycles. The minimum atomic E-state index is -0.694. The fourth-order valence-corrected chi connectivity index (χ4v) is 2.06. The van der Waals surface area contributed by atoms with E-state index in [1.165, 1.54) is 6.07 Å². The molecule has 1 aliphatic rings. The van der Waals surface area contributed by atoms with Gasteiger partial charge in [-0.25, -0.2) is 8.78 Å². The first kappa shape index (κ1) is 14.0. The van der Waals surface area contributed by atoms with Crippen LogP contribution in [0, 0.1) is 23.5 Å². The molecule has 0 saturated heterocycles. The molecule has 0 aromatic heterocycles. The molecule has 2 aromatic carbocycles. The van der Waals surface area contributed by atoms with Crippen molar-refractivity contribution in [2.75, 3.05) is 6.61 Å². The molecule has 3 rings (SSSR count). The standard InChI is InChI=1S/C18H10F2O2/c19-16-6-5-14(17(20)9-16)3-1-12-2-4-15-7-13(10-21)11-22-18(15)8-12/h2,4-10H,11H2. The maximum Gasteiger partial charge on any atom is 0.149 e. The number of hydrogen-bond acceptors (Lipinski definition) is 2. The maximum absolute atomic E-state index is 13.5. The summed E-state index contributed by atoms with van der Waals surface area (Å²) in [6.07, 6.45) is 2.51. The van der Waals surface area contributed by atoms with Gasteiger partial charge in [-0.15, -0.1) is 0 Å². The van der Waals surface area contributed by atoms with Gasteiger partial charge in [0.2, 0.25) is 0 Å². The SMILES string of the molecule is O=CC1=Cc2ccc(C#Cc3ccc(F)cc3F)cc2OC1. The number of carbonyl (C=O) groups excluding carboxylic acids is 1. The summed E-state index contributed by atoms with van der Waals surface area (Å²) >= 11 is 0. The molecular formula is C18H10F2O2. The number of aldehydes is 1. The fourth-order valence-electron chi connectivity index (χ4n) is 2.06. The summed E-state index contributed by atoms with van der Waals surface area (Å²) in [4.78, 5) is 10.7. The van der Waals surface area contributed by atoms with E-state index in [-0.39, 0.29) is 12.2 Å². The van der Waals surface area contributed by atoms with Crippen LogP contribution in [0.4, 0.5) is 8.78 Å². The Balaban J connectivity index is 1.91. The first-order valence-corrected chi connectivity index (χ1v) is 6.55. The second kappa shape index (κ2) is 5.82. The zero-order valence-corrected chi connectivity index (χ0v) is 11.4. The van der Waals surface area contributed by atoms with Gasteiger partial charge >= 0.3 is 0 Å². The largest absolute Gasteiger partial charge is 0.488 e. The zero-order valence-electron chi connectivity index (χ0n) is 11.4. The molecule has 0 amide bonds. The Hall–Kier alpha value is -2.93. The lowest BCUT2D eigenvalue weighted by Crippen LogP contribution is -2.08. The molecule has 4 heteroatoms. The van der Waals surface area contributed by atoms with E-state index in [2.05, 4.69) is 11.8 Å². The van der Waals surface area contributed by atoms with Crippen molar-refractivity contribution in [2.24, 2.45) is 0 Å². The van der Waals surface area contributed by atoms with Crippen molar-refractivity contribution in [3.8, 4) is 17.6 Å². The van der Waals surface area contributed by atoms with Crippen LogP contribution in [0.15, 0.2) is 42.0 Å². The van der Waals surface area contributed by atoms with Crippen LogP contribution in [0.3, 0.4) is 0 Å². The van der Waals surface area contributed by atoms with Crippen LogP contribution in [-0.2, 0) is 4.79 Å². The average Bonchev–Trinajstić information content (AvgIpc) is 2.53. The van der Waals surface area contributed by atoms with E-state index in [1.54, 1.807) is 24.3 Å². The van der Waals surface area contributed by atoms with Gasteiger partial charge < -0.3 is 4.74 Å². The highest BCUT2D eigenvalue weighted by Gasteiger charge is 2.10. The fraction of sp³-hybridized carbons (Fsp3) is 0.0556. The molecule has 0 N–H and O–H groups in total. The van der Waals surface area contributed by atoms with E-state index in [1.807, 2.05) is 0 Å². The quantitative estimate of drug-likeness (QED) is 0.596. The summed E-state index contributed by atoms with van der Waals surface area (Å²) < 4.78 is 31.8. The summed E-state index contributed by atoms with van der Waals surface area (Å²) in [5, 5.41) is 0. The molecule has 2 aromatic rings. The summed E-state index contributed by atoms with van der Waals surface area (Å²) in [6, 6.07) is 8.51. The lowest BCUT2D eigenvalue weighted by Gasteiger charge is -2.14. The van der Waals surface area contributed by atoms with Crippen molar-refractivity contribution in [1.29, 1.82) is 0 Å². The van der Waals surface area contributed by atoms with Gasteiger partial charge in [-0.3, -0.25) is 4.79 Å². The Morgan fingerprint density at radius 2 is 1.95 bits per heavy atom. The lowest BCUT2D eigenvalue weighted by atomic mass is 10.1. The molecule has 0 unspecified atom stereocenters. The average molecular weight is 296 g/mol. The van der Waals surface area contributed by atoms with Crippen molar-refractivity contribution in [2.45, 2.75) is 0 Å². The first-order chi connectivity index (χ1) is 10.7. The summed E-state index contributed by atoms with van der Waals surface area (Å²) in [5.74, 6) is 4.77. The number of halogens is 2. The number of fused-ring (bicyclic) bond motifs is 1. The summed E-state index contributed by atoms with van der Waals surface area (Å²) in [7, 11) is 0. The highest BCUT2D eigenvalue weighted by atomic mass is 19.1. The molecule has 22 heavy (non-hydrogen) atoms. The Morgan fingerprint density at radius 1 is 1.09 bits per heavy atom. The van der Waals surface area contributed by atoms with Gasteiger partial charge in [-0.05, 0) is 30.3 Å². The van der Waals surface area contributed by atoms with Crippen LogP contribution in [0.1, 0.15) is 16.7 Å². The van der Waals surface area contributed by atoms with Gasteiger partial charge in [0.1, 0.15) is 30.3 Å². The predicted molar refractivity (Wildman–Crippen MR) is 78.3 cm³/mol. The highest BCUT2D eigenvalue weighted by Crippen LogP contribution is 2.26. The van der Waals surface area contributed by atoms with Gasteiger partial charge in [0.05, 0.1) is 5.56 Å². The Labute approximate surface area is 126 Å². The Morgan fingerprint density at radius 3 is 2.73 bits per heavy atom. The number of hydrogen-bond donors (Lipinski definition) is 0. The molecule has 0 atom stereocenters. The van der Waals surface area contributed by atoms with Crippen molar-refractivity contribution >= 4 is 12.4 Å². The molecule has 0 spiro atoms. The van der Waals surface area contributed by atoms with Crippen molar-refractivity contribution in [1.82, 2.24) is 0 Å². The van der Waals surface area contributed by atoms with Crippen LogP contribution in [0.25, 0.3) is 6.08 Å². The third kappa shape index (κ3) is 2.89. The van der Waals surface area contributed by atoms with Crippen LogP contribution in [0.5, 0.6) is 5.75 Å². The lowest BCUT2D eigenvalue weighted by molar-refractivity contribution is -0.105. The maximum atomic E-state index is 13.5. The first-order valence-electron chi connectivity index (χ1n) is 6.55.